The molecular weight excluding hydrogens is 212 g/mol. The Morgan fingerprint density at radius 1 is 1.29 bits per heavy atom. The van der Waals surface area contributed by atoms with Gasteiger partial charge in [0.2, 0.25) is 0 Å². The molecule has 0 saturated carbocycles. The Labute approximate surface area is 104 Å². The molecule has 17 heavy (non-hydrogen) atoms. The average Bonchev–Trinajstić information content (AvgIpc) is 2.30. The second-order valence-corrected chi connectivity index (χ2v) is 5.11. The number of rotatable bonds is 6. The number of ketones is 1. The summed E-state index contributed by atoms with van der Waals surface area (Å²) in [5.74, 6) is 0.282. The lowest BCUT2D eigenvalue weighted by molar-refractivity contribution is -0.119. The van der Waals surface area contributed by atoms with Gasteiger partial charge in [0.1, 0.15) is 5.78 Å². The molecule has 0 bridgehead atoms. The van der Waals surface area contributed by atoms with E-state index in [1.54, 1.807) is 7.11 Å². The fourth-order valence-electron chi connectivity index (χ4n) is 1.65. The third-order valence-electron chi connectivity index (χ3n) is 3.21. The molecule has 0 heterocycles. The van der Waals surface area contributed by atoms with Crippen molar-refractivity contribution in [2.24, 2.45) is 0 Å². The van der Waals surface area contributed by atoms with Crippen LogP contribution < -0.4 is 0 Å². The van der Waals surface area contributed by atoms with Gasteiger partial charge in [0.05, 0.1) is 5.60 Å². The smallest absolute Gasteiger partial charge is 0.137 e. The lowest BCUT2D eigenvalue weighted by atomic mass is 9.96. The first-order valence-corrected chi connectivity index (χ1v) is 6.06. The normalized spacial score (nSPS) is 11.5. The monoisotopic (exact) mass is 234 g/mol. The summed E-state index contributed by atoms with van der Waals surface area (Å²) >= 11 is 0. The molecule has 0 N–H and O–H groups in total. The molecule has 2 heteroatoms. The SMILES string of the molecule is COC(C)(C)CCC(=O)Cc1ccccc1C. The van der Waals surface area contributed by atoms with Gasteiger partial charge in [0.25, 0.3) is 0 Å². The molecule has 0 atom stereocenters. The number of carbonyl (C=O) groups is 1. The number of hydrogen-bond donors (Lipinski definition) is 0. The Bertz CT molecular complexity index is 380. The standard InChI is InChI=1S/C15H22O2/c1-12-7-5-6-8-13(12)11-14(16)9-10-15(2,3)17-4/h5-8H,9-11H2,1-4H3. The molecule has 1 rings (SSSR count). The van der Waals surface area contributed by atoms with Gasteiger partial charge in [-0.05, 0) is 38.3 Å². The summed E-state index contributed by atoms with van der Waals surface area (Å²) in [6.45, 7) is 6.06. The second-order valence-electron chi connectivity index (χ2n) is 5.11. The number of Topliss-reactive ketones (excluding diaryl/α,β-unsaturated/α-hetero) is 1. The van der Waals surface area contributed by atoms with Gasteiger partial charge in [-0.25, -0.2) is 0 Å². The molecule has 0 aromatic heterocycles. The Balaban J connectivity index is 2.48. The summed E-state index contributed by atoms with van der Waals surface area (Å²) in [4.78, 5) is 11.9. The molecule has 2 nitrogen and oxygen atoms in total. The van der Waals surface area contributed by atoms with Gasteiger partial charge >= 0.3 is 0 Å². The van der Waals surface area contributed by atoms with Gasteiger partial charge in [0, 0.05) is 20.0 Å². The van der Waals surface area contributed by atoms with Gasteiger partial charge in [0.15, 0.2) is 0 Å². The Hall–Kier alpha value is -1.15. The highest BCUT2D eigenvalue weighted by atomic mass is 16.5. The van der Waals surface area contributed by atoms with Crippen LogP contribution in [-0.2, 0) is 16.0 Å². The molecule has 0 fully saturated rings. The van der Waals surface area contributed by atoms with Crippen molar-refractivity contribution in [1.82, 2.24) is 0 Å². The van der Waals surface area contributed by atoms with Crippen molar-refractivity contribution < 1.29 is 9.53 Å². The number of benzene rings is 1. The molecule has 0 aliphatic heterocycles. The third kappa shape index (κ3) is 4.70. The van der Waals surface area contributed by atoms with E-state index in [0.717, 1.165) is 12.0 Å². The van der Waals surface area contributed by atoms with E-state index in [4.69, 9.17) is 4.74 Å². The van der Waals surface area contributed by atoms with Crippen LogP contribution >= 0.6 is 0 Å². The summed E-state index contributed by atoms with van der Waals surface area (Å²) in [5.41, 5.74) is 2.11. The van der Waals surface area contributed by atoms with Crippen molar-refractivity contribution in [3.63, 3.8) is 0 Å². The zero-order valence-corrected chi connectivity index (χ0v) is 11.2. The number of ether oxygens (including phenoxy) is 1. The highest BCUT2D eigenvalue weighted by Gasteiger charge is 2.18. The molecular formula is C15H22O2. The maximum absolute atomic E-state index is 11.9. The van der Waals surface area contributed by atoms with Crippen LogP contribution in [-0.4, -0.2) is 18.5 Å². The van der Waals surface area contributed by atoms with E-state index in [1.165, 1.54) is 5.56 Å². The molecule has 0 amide bonds. The number of hydrogen-bond acceptors (Lipinski definition) is 2. The first-order chi connectivity index (χ1) is 7.94. The van der Waals surface area contributed by atoms with Crippen molar-refractivity contribution in [1.29, 1.82) is 0 Å². The Kier molecular flexibility index (Phi) is 4.88. The van der Waals surface area contributed by atoms with E-state index in [-0.39, 0.29) is 11.4 Å². The van der Waals surface area contributed by atoms with Crippen LogP contribution in [0.5, 0.6) is 0 Å². The van der Waals surface area contributed by atoms with E-state index in [1.807, 2.05) is 45.0 Å². The largest absolute Gasteiger partial charge is 0.379 e. The summed E-state index contributed by atoms with van der Waals surface area (Å²) in [7, 11) is 1.69. The third-order valence-corrected chi connectivity index (χ3v) is 3.21. The van der Waals surface area contributed by atoms with Crippen LogP contribution in [0, 0.1) is 6.92 Å². The molecule has 0 radical (unpaired) electrons. The topological polar surface area (TPSA) is 26.3 Å². The van der Waals surface area contributed by atoms with Crippen molar-refractivity contribution in [2.45, 2.75) is 45.6 Å². The average molecular weight is 234 g/mol. The van der Waals surface area contributed by atoms with E-state index < -0.39 is 0 Å². The molecule has 1 aromatic rings. The second kappa shape index (κ2) is 5.97. The summed E-state index contributed by atoms with van der Waals surface area (Å²) in [6.07, 6.45) is 1.88. The van der Waals surface area contributed by atoms with E-state index in [0.29, 0.717) is 12.8 Å². The lowest BCUT2D eigenvalue weighted by Gasteiger charge is -2.22. The minimum absolute atomic E-state index is 0.207. The van der Waals surface area contributed by atoms with Crippen LogP contribution in [0.2, 0.25) is 0 Å². The molecule has 0 unspecified atom stereocenters. The van der Waals surface area contributed by atoms with Crippen LogP contribution in [0.4, 0.5) is 0 Å². The van der Waals surface area contributed by atoms with Crippen LogP contribution in [0.25, 0.3) is 0 Å². The van der Waals surface area contributed by atoms with Crippen molar-refractivity contribution >= 4 is 5.78 Å². The van der Waals surface area contributed by atoms with Crippen molar-refractivity contribution in [2.75, 3.05) is 7.11 Å². The van der Waals surface area contributed by atoms with Gasteiger partial charge in [-0.3, -0.25) is 4.79 Å². The molecule has 0 aliphatic rings. The van der Waals surface area contributed by atoms with Crippen molar-refractivity contribution in [3.05, 3.63) is 35.4 Å². The Morgan fingerprint density at radius 3 is 2.53 bits per heavy atom. The van der Waals surface area contributed by atoms with Crippen molar-refractivity contribution in [3.8, 4) is 0 Å². The predicted molar refractivity (Wildman–Crippen MR) is 70.2 cm³/mol. The highest BCUT2D eigenvalue weighted by molar-refractivity contribution is 5.81. The molecule has 0 aliphatic carbocycles. The molecule has 0 spiro atoms. The van der Waals surface area contributed by atoms with Gasteiger partial charge in [-0.1, -0.05) is 24.3 Å². The maximum Gasteiger partial charge on any atom is 0.137 e. The van der Waals surface area contributed by atoms with Gasteiger partial charge in [-0.15, -0.1) is 0 Å². The Morgan fingerprint density at radius 2 is 1.94 bits per heavy atom. The van der Waals surface area contributed by atoms with Gasteiger partial charge < -0.3 is 4.74 Å². The first-order valence-electron chi connectivity index (χ1n) is 6.06. The van der Waals surface area contributed by atoms with Gasteiger partial charge in [-0.2, -0.15) is 0 Å². The number of aryl methyl sites for hydroxylation is 1. The first kappa shape index (κ1) is 13.9. The number of methoxy groups -OCH3 is 1. The number of carbonyl (C=O) groups excluding carboxylic acids is 1. The minimum atomic E-state index is -0.207. The van der Waals surface area contributed by atoms with E-state index in [9.17, 15) is 4.79 Å². The summed E-state index contributed by atoms with van der Waals surface area (Å²) in [6, 6.07) is 8.04. The molecule has 94 valence electrons. The van der Waals surface area contributed by atoms with E-state index >= 15 is 0 Å². The minimum Gasteiger partial charge on any atom is -0.379 e. The zero-order valence-electron chi connectivity index (χ0n) is 11.2. The molecule has 0 saturated heterocycles. The quantitative estimate of drug-likeness (QED) is 0.754. The predicted octanol–water partition coefficient (Wildman–Crippen LogP) is 3.31. The summed E-state index contributed by atoms with van der Waals surface area (Å²) < 4.78 is 5.31. The highest BCUT2D eigenvalue weighted by Crippen LogP contribution is 2.17. The fraction of sp³-hybridized carbons (Fsp3) is 0.533. The molecule has 1 aromatic carbocycles. The maximum atomic E-state index is 11.9. The van der Waals surface area contributed by atoms with Crippen LogP contribution in [0.3, 0.4) is 0 Å². The van der Waals surface area contributed by atoms with E-state index in [2.05, 4.69) is 0 Å². The summed E-state index contributed by atoms with van der Waals surface area (Å²) in [5, 5.41) is 0. The van der Waals surface area contributed by atoms with Crippen LogP contribution in [0.1, 0.15) is 37.8 Å². The van der Waals surface area contributed by atoms with Crippen LogP contribution in [0.15, 0.2) is 24.3 Å². The zero-order chi connectivity index (χ0) is 12.9. The lowest BCUT2D eigenvalue weighted by Crippen LogP contribution is -2.23. The fourth-order valence-corrected chi connectivity index (χ4v) is 1.65.